The molecule has 4 amide bonds. The molecule has 6 nitrogen and oxygen atoms in total. The molecule has 1 aliphatic heterocycles. The van der Waals surface area contributed by atoms with Gasteiger partial charge >= 0.3 is 6.03 Å². The number of hydrogen-bond donors (Lipinski definition) is 1. The molecule has 1 aromatic carbocycles. The van der Waals surface area contributed by atoms with Gasteiger partial charge in [0.1, 0.15) is 17.2 Å². The summed E-state index contributed by atoms with van der Waals surface area (Å²) in [6, 6.07) is 5.39. The SMILES string of the molecule is O=C1NC(=O)N(c2ccc(F)cc2)C(=O)/C1=C/c1cc(Br)c(Br)o1. The minimum atomic E-state index is -0.907. The number of rotatable bonds is 2. The molecule has 3 rings (SSSR count). The van der Waals surface area contributed by atoms with Crippen LogP contribution in [0.5, 0.6) is 0 Å². The Morgan fingerprint density at radius 3 is 2.38 bits per heavy atom. The van der Waals surface area contributed by atoms with E-state index in [1.54, 1.807) is 6.07 Å². The number of halogens is 3. The molecule has 0 unspecified atom stereocenters. The van der Waals surface area contributed by atoms with E-state index in [-0.39, 0.29) is 17.0 Å². The Bertz CT molecular complexity index is 870. The summed E-state index contributed by atoms with van der Waals surface area (Å²) >= 11 is 6.37. The third-order valence-corrected chi connectivity index (χ3v) is 4.85. The van der Waals surface area contributed by atoms with Gasteiger partial charge < -0.3 is 4.42 Å². The third-order valence-electron chi connectivity index (χ3n) is 3.14. The number of amides is 4. The van der Waals surface area contributed by atoms with Gasteiger partial charge in [-0.25, -0.2) is 14.1 Å². The van der Waals surface area contributed by atoms with Crippen LogP contribution in [0.4, 0.5) is 14.9 Å². The molecule has 1 aliphatic rings. The van der Waals surface area contributed by atoms with Crippen molar-refractivity contribution in [1.29, 1.82) is 0 Å². The summed E-state index contributed by atoms with van der Waals surface area (Å²) in [4.78, 5) is 37.2. The highest BCUT2D eigenvalue weighted by atomic mass is 79.9. The predicted octanol–water partition coefficient (Wildman–Crippen LogP) is 3.61. The molecule has 1 aromatic heterocycles. The fourth-order valence-electron chi connectivity index (χ4n) is 2.06. The molecule has 1 N–H and O–H groups in total. The maximum Gasteiger partial charge on any atom is 0.335 e. The van der Waals surface area contributed by atoms with E-state index in [4.69, 9.17) is 4.42 Å². The average Bonchev–Trinajstić information content (AvgIpc) is 2.83. The maximum atomic E-state index is 13.0. The van der Waals surface area contributed by atoms with Crippen LogP contribution in [0.25, 0.3) is 6.08 Å². The van der Waals surface area contributed by atoms with Crippen molar-refractivity contribution in [3.63, 3.8) is 0 Å². The van der Waals surface area contributed by atoms with Crippen molar-refractivity contribution in [2.75, 3.05) is 4.90 Å². The lowest BCUT2D eigenvalue weighted by Crippen LogP contribution is -2.54. The third kappa shape index (κ3) is 3.04. The molecule has 2 heterocycles. The molecule has 1 saturated heterocycles. The van der Waals surface area contributed by atoms with Crippen molar-refractivity contribution in [2.45, 2.75) is 0 Å². The van der Waals surface area contributed by atoms with Gasteiger partial charge in [-0.1, -0.05) is 0 Å². The van der Waals surface area contributed by atoms with Gasteiger partial charge in [-0.3, -0.25) is 14.9 Å². The van der Waals surface area contributed by atoms with Crippen LogP contribution in [0.15, 0.2) is 49.5 Å². The number of nitrogens with one attached hydrogen (secondary N) is 1. The van der Waals surface area contributed by atoms with Gasteiger partial charge in [-0.2, -0.15) is 0 Å². The smallest absolute Gasteiger partial charge is 0.335 e. The number of hydrogen-bond acceptors (Lipinski definition) is 4. The first-order valence-electron chi connectivity index (χ1n) is 6.48. The van der Waals surface area contributed by atoms with Gasteiger partial charge in [0.05, 0.1) is 10.2 Å². The number of imide groups is 2. The molecule has 122 valence electrons. The summed E-state index contributed by atoms with van der Waals surface area (Å²) < 4.78 is 19.3. The lowest BCUT2D eigenvalue weighted by Gasteiger charge is -2.26. The topological polar surface area (TPSA) is 79.6 Å². The highest BCUT2D eigenvalue weighted by Gasteiger charge is 2.37. The summed E-state index contributed by atoms with van der Waals surface area (Å²) in [6.45, 7) is 0. The molecular weight excluding hydrogens is 451 g/mol. The van der Waals surface area contributed by atoms with E-state index < -0.39 is 23.7 Å². The zero-order valence-corrected chi connectivity index (χ0v) is 14.9. The van der Waals surface area contributed by atoms with Crippen LogP contribution >= 0.6 is 31.9 Å². The van der Waals surface area contributed by atoms with E-state index in [9.17, 15) is 18.8 Å². The standard InChI is InChI=1S/C15H7Br2FN2O4/c16-11-6-9(24-12(11)17)5-10-13(21)19-15(23)20(14(10)22)8-3-1-7(18)2-4-8/h1-6H,(H,19,21,23)/b10-5+. The number of carbonyl (C=O) groups excluding carboxylic acids is 3. The van der Waals surface area contributed by atoms with E-state index in [1.165, 1.54) is 18.2 Å². The molecule has 0 atom stereocenters. The van der Waals surface area contributed by atoms with Crippen LogP contribution in [-0.2, 0) is 9.59 Å². The fourth-order valence-corrected chi connectivity index (χ4v) is 2.67. The number of anilines is 1. The lowest BCUT2D eigenvalue weighted by molar-refractivity contribution is -0.122. The van der Waals surface area contributed by atoms with Crippen LogP contribution in [0.1, 0.15) is 5.76 Å². The van der Waals surface area contributed by atoms with Gasteiger partial charge in [0, 0.05) is 0 Å². The van der Waals surface area contributed by atoms with Crippen LogP contribution in [0.3, 0.4) is 0 Å². The number of benzene rings is 1. The largest absolute Gasteiger partial charge is 0.449 e. The second kappa shape index (κ2) is 6.33. The van der Waals surface area contributed by atoms with Crippen LogP contribution < -0.4 is 10.2 Å². The van der Waals surface area contributed by atoms with Gasteiger partial charge in [0.25, 0.3) is 11.8 Å². The summed E-state index contributed by atoms with van der Waals surface area (Å²) in [6.07, 6.45) is 1.22. The van der Waals surface area contributed by atoms with E-state index in [2.05, 4.69) is 37.2 Å². The minimum Gasteiger partial charge on any atom is -0.449 e. The van der Waals surface area contributed by atoms with Crippen molar-refractivity contribution < 1.29 is 23.2 Å². The predicted molar refractivity (Wildman–Crippen MR) is 89.5 cm³/mol. The first-order chi connectivity index (χ1) is 11.4. The summed E-state index contributed by atoms with van der Waals surface area (Å²) in [7, 11) is 0. The fraction of sp³-hybridized carbons (Fsp3) is 0. The molecule has 0 radical (unpaired) electrons. The van der Waals surface area contributed by atoms with Gasteiger partial charge in [-0.15, -0.1) is 0 Å². The van der Waals surface area contributed by atoms with Gasteiger partial charge in [0.15, 0.2) is 4.67 Å². The van der Waals surface area contributed by atoms with Gasteiger partial charge in [0.2, 0.25) is 0 Å². The van der Waals surface area contributed by atoms with E-state index >= 15 is 0 Å². The number of nitrogens with zero attached hydrogens (tertiary/aromatic N) is 1. The maximum absolute atomic E-state index is 13.0. The van der Waals surface area contributed by atoms with Crippen molar-refractivity contribution in [3.05, 3.63) is 56.6 Å². The quantitative estimate of drug-likeness (QED) is 0.551. The zero-order valence-electron chi connectivity index (χ0n) is 11.7. The monoisotopic (exact) mass is 456 g/mol. The van der Waals surface area contributed by atoms with E-state index in [0.717, 1.165) is 17.0 Å². The molecule has 1 fully saturated rings. The summed E-state index contributed by atoms with van der Waals surface area (Å²) in [5, 5.41) is 2.06. The Morgan fingerprint density at radius 1 is 1.12 bits per heavy atom. The highest BCUT2D eigenvalue weighted by molar-refractivity contribution is 9.13. The first-order valence-corrected chi connectivity index (χ1v) is 8.07. The first kappa shape index (κ1) is 16.6. The van der Waals surface area contributed by atoms with Crippen molar-refractivity contribution in [1.82, 2.24) is 5.32 Å². The lowest BCUT2D eigenvalue weighted by atomic mass is 10.1. The van der Waals surface area contributed by atoms with Crippen LogP contribution in [-0.4, -0.2) is 17.8 Å². The molecular formula is C15H7Br2FN2O4. The molecule has 24 heavy (non-hydrogen) atoms. The van der Waals surface area contributed by atoms with E-state index in [0.29, 0.717) is 9.14 Å². The molecule has 0 spiro atoms. The minimum absolute atomic E-state index is 0.138. The van der Waals surface area contributed by atoms with Gasteiger partial charge in [-0.05, 0) is 68.3 Å². The molecule has 2 aromatic rings. The summed E-state index contributed by atoms with van der Waals surface area (Å²) in [5.41, 5.74) is -0.146. The molecule has 0 saturated carbocycles. The Morgan fingerprint density at radius 2 is 1.79 bits per heavy atom. The Labute approximate surface area is 151 Å². The van der Waals surface area contributed by atoms with Crippen LogP contribution in [0, 0.1) is 5.82 Å². The normalized spacial score (nSPS) is 16.7. The number of furan rings is 1. The zero-order chi connectivity index (χ0) is 17.4. The van der Waals surface area contributed by atoms with Crippen molar-refractivity contribution in [2.24, 2.45) is 0 Å². The second-order valence-electron chi connectivity index (χ2n) is 4.70. The number of carbonyl (C=O) groups is 3. The second-order valence-corrected chi connectivity index (χ2v) is 6.28. The number of urea groups is 1. The van der Waals surface area contributed by atoms with Crippen molar-refractivity contribution in [3.8, 4) is 0 Å². The Hall–Kier alpha value is -2.26. The van der Waals surface area contributed by atoms with Crippen LogP contribution in [0.2, 0.25) is 0 Å². The average molecular weight is 458 g/mol. The molecule has 9 heteroatoms. The van der Waals surface area contributed by atoms with Crippen molar-refractivity contribution >= 4 is 61.5 Å². The van der Waals surface area contributed by atoms with E-state index in [1.807, 2.05) is 0 Å². The molecule has 0 aliphatic carbocycles. The molecule has 0 bridgehead atoms. The Kier molecular flexibility index (Phi) is 4.37. The Balaban J connectivity index is 2.01. The number of barbiturate groups is 1. The summed E-state index contributed by atoms with van der Waals surface area (Å²) in [5.74, 6) is -1.95. The highest BCUT2D eigenvalue weighted by Crippen LogP contribution is 2.29.